The fraction of sp³-hybridized carbons (Fsp3) is 0.364. The number of carboxylic acid groups (broad SMARTS) is 1. The predicted molar refractivity (Wildman–Crippen MR) is 61.7 cm³/mol. The fourth-order valence-corrected chi connectivity index (χ4v) is 1.87. The summed E-state index contributed by atoms with van der Waals surface area (Å²) in [5, 5.41) is 21.5. The highest BCUT2D eigenvalue weighted by Crippen LogP contribution is 2.32. The number of halogens is 1. The highest BCUT2D eigenvalue weighted by molar-refractivity contribution is 5.65. The van der Waals surface area contributed by atoms with Crippen LogP contribution in [0.1, 0.15) is 12.8 Å². The van der Waals surface area contributed by atoms with Crippen LogP contribution in [0.15, 0.2) is 18.2 Å². The van der Waals surface area contributed by atoms with Gasteiger partial charge in [0.1, 0.15) is 11.9 Å². The van der Waals surface area contributed by atoms with Crippen LogP contribution < -0.4 is 10.1 Å². The van der Waals surface area contributed by atoms with E-state index in [1.165, 1.54) is 0 Å². The number of hydrogen-bond acceptors (Lipinski definition) is 4. The zero-order valence-electron chi connectivity index (χ0n) is 9.71. The van der Waals surface area contributed by atoms with Crippen molar-refractivity contribution >= 4 is 11.8 Å². The number of benzene rings is 1. The van der Waals surface area contributed by atoms with Crippen LogP contribution in [-0.2, 0) is 0 Å². The van der Waals surface area contributed by atoms with Gasteiger partial charge in [0.05, 0.1) is 4.92 Å². The van der Waals surface area contributed by atoms with Crippen LogP contribution in [0.4, 0.5) is 14.9 Å². The van der Waals surface area contributed by atoms with Gasteiger partial charge in [0.15, 0.2) is 5.75 Å². The number of ether oxygens (including phenoxy) is 1. The minimum Gasteiger partial charge on any atom is -0.483 e. The normalized spacial score (nSPS) is 21.3. The molecule has 7 nitrogen and oxygen atoms in total. The highest BCUT2D eigenvalue weighted by Gasteiger charge is 2.33. The minimum absolute atomic E-state index is 0.135. The molecule has 0 aromatic heterocycles. The molecule has 1 fully saturated rings. The molecule has 8 heteroatoms. The predicted octanol–water partition coefficient (Wildman–Crippen LogP) is 1.91. The van der Waals surface area contributed by atoms with Crippen LogP contribution in [0.25, 0.3) is 0 Å². The van der Waals surface area contributed by atoms with Gasteiger partial charge in [-0.15, -0.1) is 0 Å². The largest absolute Gasteiger partial charge is 0.483 e. The van der Waals surface area contributed by atoms with E-state index in [-0.39, 0.29) is 23.6 Å². The maximum atomic E-state index is 13.0. The third-order valence-corrected chi connectivity index (χ3v) is 2.83. The average Bonchev–Trinajstić information content (AvgIpc) is 2.25. The monoisotopic (exact) mass is 270 g/mol. The summed E-state index contributed by atoms with van der Waals surface area (Å²) in [6.07, 6.45) is -0.669. The number of carbonyl (C=O) groups is 1. The van der Waals surface area contributed by atoms with Crippen molar-refractivity contribution in [3.8, 4) is 5.75 Å². The summed E-state index contributed by atoms with van der Waals surface area (Å²) in [6, 6.07) is 2.75. The van der Waals surface area contributed by atoms with Gasteiger partial charge < -0.3 is 15.2 Å². The molecule has 0 radical (unpaired) electrons. The molecular formula is C11H11FN2O5. The second kappa shape index (κ2) is 5.09. The van der Waals surface area contributed by atoms with Crippen molar-refractivity contribution in [2.24, 2.45) is 0 Å². The van der Waals surface area contributed by atoms with E-state index >= 15 is 0 Å². The van der Waals surface area contributed by atoms with Crippen molar-refractivity contribution in [2.75, 3.05) is 0 Å². The average molecular weight is 270 g/mol. The second-order valence-corrected chi connectivity index (χ2v) is 4.23. The molecule has 0 saturated heterocycles. The summed E-state index contributed by atoms with van der Waals surface area (Å²) in [4.78, 5) is 20.5. The zero-order valence-corrected chi connectivity index (χ0v) is 9.71. The van der Waals surface area contributed by atoms with E-state index in [0.717, 1.165) is 18.2 Å². The second-order valence-electron chi connectivity index (χ2n) is 4.23. The van der Waals surface area contributed by atoms with E-state index in [2.05, 4.69) is 5.32 Å². The molecule has 1 amide bonds. The van der Waals surface area contributed by atoms with Crippen LogP contribution in [-0.4, -0.2) is 28.3 Å². The molecule has 102 valence electrons. The van der Waals surface area contributed by atoms with Gasteiger partial charge in [-0.05, 0) is 6.07 Å². The first kappa shape index (κ1) is 13.1. The van der Waals surface area contributed by atoms with Gasteiger partial charge in [0.25, 0.3) is 0 Å². The van der Waals surface area contributed by atoms with Gasteiger partial charge in [-0.1, -0.05) is 0 Å². The number of nitro groups is 1. The lowest BCUT2D eigenvalue weighted by Gasteiger charge is -2.34. The van der Waals surface area contributed by atoms with Crippen molar-refractivity contribution in [3.63, 3.8) is 0 Å². The Morgan fingerprint density at radius 3 is 2.79 bits per heavy atom. The molecule has 1 saturated carbocycles. The Balaban J connectivity index is 1.99. The molecular weight excluding hydrogens is 259 g/mol. The number of nitro benzene ring substituents is 1. The lowest BCUT2D eigenvalue weighted by atomic mass is 9.89. The first-order valence-electron chi connectivity index (χ1n) is 5.55. The summed E-state index contributed by atoms with van der Waals surface area (Å²) in [5.41, 5.74) is -0.309. The summed E-state index contributed by atoms with van der Waals surface area (Å²) in [5.74, 6) is -0.760. The SMILES string of the molecule is O=C(O)NC1CC(Oc2cc(F)ccc2[N+](=O)[O-])C1. The Morgan fingerprint density at radius 1 is 1.53 bits per heavy atom. The number of nitrogens with zero attached hydrogens (tertiary/aromatic N) is 1. The van der Waals surface area contributed by atoms with Gasteiger partial charge in [-0.25, -0.2) is 9.18 Å². The van der Waals surface area contributed by atoms with E-state index in [4.69, 9.17) is 9.84 Å². The van der Waals surface area contributed by atoms with Gasteiger partial charge in [-0.2, -0.15) is 0 Å². The van der Waals surface area contributed by atoms with Gasteiger partial charge >= 0.3 is 11.8 Å². The van der Waals surface area contributed by atoms with Crippen LogP contribution >= 0.6 is 0 Å². The van der Waals surface area contributed by atoms with E-state index in [1.807, 2.05) is 0 Å². The Labute approximate surface area is 107 Å². The molecule has 0 unspecified atom stereocenters. The quantitative estimate of drug-likeness (QED) is 0.642. The van der Waals surface area contributed by atoms with E-state index in [9.17, 15) is 19.3 Å². The first-order chi connectivity index (χ1) is 8.95. The maximum Gasteiger partial charge on any atom is 0.404 e. The van der Waals surface area contributed by atoms with Crippen LogP contribution in [0.2, 0.25) is 0 Å². The lowest BCUT2D eigenvalue weighted by molar-refractivity contribution is -0.386. The van der Waals surface area contributed by atoms with E-state index in [1.54, 1.807) is 0 Å². The first-order valence-corrected chi connectivity index (χ1v) is 5.55. The van der Waals surface area contributed by atoms with E-state index in [0.29, 0.717) is 12.8 Å². The zero-order chi connectivity index (χ0) is 14.0. The number of rotatable bonds is 4. The molecule has 1 aromatic rings. The molecule has 1 aliphatic rings. The van der Waals surface area contributed by atoms with Crippen molar-refractivity contribution in [1.82, 2.24) is 5.32 Å². The molecule has 0 spiro atoms. The summed E-state index contributed by atoms with van der Waals surface area (Å²) < 4.78 is 18.4. The Morgan fingerprint density at radius 2 is 2.21 bits per heavy atom. The third-order valence-electron chi connectivity index (χ3n) is 2.83. The molecule has 0 aliphatic heterocycles. The van der Waals surface area contributed by atoms with Crippen LogP contribution in [0.5, 0.6) is 5.75 Å². The van der Waals surface area contributed by atoms with Crippen molar-refractivity contribution in [1.29, 1.82) is 0 Å². The van der Waals surface area contributed by atoms with Crippen molar-refractivity contribution < 1.29 is 24.0 Å². The topological polar surface area (TPSA) is 102 Å². The summed E-state index contributed by atoms with van der Waals surface area (Å²) in [7, 11) is 0. The van der Waals surface area contributed by atoms with Crippen molar-refractivity contribution in [2.45, 2.75) is 25.0 Å². The smallest absolute Gasteiger partial charge is 0.404 e. The molecule has 0 atom stereocenters. The minimum atomic E-state index is -1.12. The van der Waals surface area contributed by atoms with E-state index < -0.39 is 16.8 Å². The molecule has 2 rings (SSSR count). The molecule has 19 heavy (non-hydrogen) atoms. The Kier molecular flexibility index (Phi) is 3.50. The Bertz CT molecular complexity index is 516. The number of hydrogen-bond donors (Lipinski definition) is 2. The van der Waals surface area contributed by atoms with Gasteiger partial charge in [-0.3, -0.25) is 10.1 Å². The number of nitrogens with one attached hydrogen (secondary N) is 1. The highest BCUT2D eigenvalue weighted by atomic mass is 19.1. The molecule has 1 aromatic carbocycles. The third kappa shape index (κ3) is 3.09. The maximum absolute atomic E-state index is 13.0. The molecule has 0 heterocycles. The van der Waals surface area contributed by atoms with Crippen LogP contribution in [0.3, 0.4) is 0 Å². The lowest BCUT2D eigenvalue weighted by Crippen LogP contribution is -2.48. The van der Waals surface area contributed by atoms with Crippen molar-refractivity contribution in [3.05, 3.63) is 34.1 Å². The fourth-order valence-electron chi connectivity index (χ4n) is 1.87. The standard InChI is InChI=1S/C11H11FN2O5/c12-6-1-2-9(14(17)18)10(3-6)19-8-4-7(5-8)13-11(15)16/h1-3,7-8,13H,4-5H2,(H,15,16). The van der Waals surface area contributed by atoms with Gasteiger partial charge in [0, 0.05) is 31.0 Å². The van der Waals surface area contributed by atoms with Gasteiger partial charge in [0.2, 0.25) is 0 Å². The summed E-state index contributed by atoms with van der Waals surface area (Å²) >= 11 is 0. The Hall–Kier alpha value is -2.38. The number of amides is 1. The van der Waals surface area contributed by atoms with Crippen LogP contribution in [0, 0.1) is 15.9 Å². The molecule has 1 aliphatic carbocycles. The molecule has 0 bridgehead atoms. The molecule has 2 N–H and O–H groups in total. The summed E-state index contributed by atoms with van der Waals surface area (Å²) in [6.45, 7) is 0.